The molecule has 0 aromatic carbocycles. The van der Waals surface area contributed by atoms with Crippen molar-refractivity contribution < 1.29 is 26.7 Å². The first-order chi connectivity index (χ1) is 18.7. The lowest BCUT2D eigenvalue weighted by molar-refractivity contribution is -0.137. The molecule has 0 amide bonds. The number of halogens is 3. The molecule has 0 atom stereocenters. The first kappa shape index (κ1) is 30.6. The molecule has 2 aliphatic rings. The van der Waals surface area contributed by atoms with Gasteiger partial charge in [-0.05, 0) is 46.7 Å². The molecule has 4 heterocycles. The standard InChI is InChI=1S/C25H39F3N8O3S/c1-24(2,37)18-35-17-19(15-30-35)22-21(25(26,27)28)16-29-23(32-22)31-20-5-8-36(9-6-20)40(38,39)14-4-7-34-12-10-33(3)11-13-34/h15-17,20,37H,4-14,18H2,1-3H3,(H,29,31,32). The van der Waals surface area contributed by atoms with Crippen molar-refractivity contribution in [3.05, 3.63) is 24.2 Å². The fourth-order valence-electron chi connectivity index (χ4n) is 4.98. The maximum atomic E-state index is 13.7. The second-order valence-corrected chi connectivity index (χ2v) is 13.4. The second kappa shape index (κ2) is 12.3. The monoisotopic (exact) mass is 588 g/mol. The lowest BCUT2D eigenvalue weighted by Gasteiger charge is -2.33. The van der Waals surface area contributed by atoms with E-state index in [9.17, 15) is 26.7 Å². The molecule has 224 valence electrons. The fraction of sp³-hybridized carbons (Fsp3) is 0.720. The van der Waals surface area contributed by atoms with Crippen LogP contribution in [0.25, 0.3) is 11.3 Å². The van der Waals surface area contributed by atoms with E-state index in [1.807, 2.05) is 0 Å². The number of hydrogen-bond donors (Lipinski definition) is 2. The van der Waals surface area contributed by atoms with Crippen LogP contribution in [-0.4, -0.2) is 118 Å². The van der Waals surface area contributed by atoms with Gasteiger partial charge >= 0.3 is 6.18 Å². The summed E-state index contributed by atoms with van der Waals surface area (Å²) in [5.74, 6) is 0.135. The average molecular weight is 589 g/mol. The summed E-state index contributed by atoms with van der Waals surface area (Å²) in [6.45, 7) is 8.54. The number of anilines is 1. The molecule has 2 aromatic rings. The van der Waals surface area contributed by atoms with Crippen molar-refractivity contribution in [2.24, 2.45) is 0 Å². The molecular weight excluding hydrogens is 549 g/mol. The second-order valence-electron chi connectivity index (χ2n) is 11.3. The van der Waals surface area contributed by atoms with Crippen LogP contribution in [0.2, 0.25) is 0 Å². The van der Waals surface area contributed by atoms with Crippen molar-refractivity contribution in [3.63, 3.8) is 0 Å². The fourth-order valence-corrected chi connectivity index (χ4v) is 6.50. The SMILES string of the molecule is CN1CCN(CCCS(=O)(=O)N2CCC(Nc3ncc(C(F)(F)F)c(-c4cnn(CC(C)(C)O)c4)n3)CC2)CC1. The molecular formula is C25H39F3N8O3S. The minimum atomic E-state index is -4.67. The number of sulfonamides is 1. The Bertz CT molecular complexity index is 1230. The summed E-state index contributed by atoms with van der Waals surface area (Å²) in [6.07, 6.45) is 0.321. The zero-order valence-corrected chi connectivity index (χ0v) is 24.0. The van der Waals surface area contributed by atoms with E-state index in [1.165, 1.54) is 21.4 Å². The van der Waals surface area contributed by atoms with E-state index in [0.29, 0.717) is 32.4 Å². The highest BCUT2D eigenvalue weighted by atomic mass is 32.2. The lowest BCUT2D eigenvalue weighted by atomic mass is 10.1. The third kappa shape index (κ3) is 8.35. The Labute approximate surface area is 233 Å². The highest BCUT2D eigenvalue weighted by Crippen LogP contribution is 2.36. The van der Waals surface area contributed by atoms with Crippen LogP contribution in [0.1, 0.15) is 38.7 Å². The van der Waals surface area contributed by atoms with Gasteiger partial charge < -0.3 is 20.2 Å². The van der Waals surface area contributed by atoms with Crippen LogP contribution >= 0.6 is 0 Å². The van der Waals surface area contributed by atoms with E-state index >= 15 is 0 Å². The molecule has 2 aromatic heterocycles. The number of aromatic nitrogens is 4. The van der Waals surface area contributed by atoms with E-state index in [2.05, 4.69) is 37.2 Å². The van der Waals surface area contributed by atoms with Crippen molar-refractivity contribution >= 4 is 16.0 Å². The predicted octanol–water partition coefficient (Wildman–Crippen LogP) is 1.97. The van der Waals surface area contributed by atoms with E-state index in [1.54, 1.807) is 13.8 Å². The molecule has 2 aliphatic heterocycles. The number of aliphatic hydroxyl groups is 1. The molecule has 0 unspecified atom stereocenters. The number of likely N-dealkylation sites (N-methyl/N-ethyl adjacent to an activating group) is 1. The Hall–Kier alpha value is -2.33. The van der Waals surface area contributed by atoms with E-state index in [-0.39, 0.29) is 35.5 Å². The summed E-state index contributed by atoms with van der Waals surface area (Å²) < 4.78 is 69.8. The topological polar surface area (TPSA) is 120 Å². The van der Waals surface area contributed by atoms with Crippen LogP contribution in [0.15, 0.2) is 18.6 Å². The average Bonchev–Trinajstić information content (AvgIpc) is 3.31. The Morgan fingerprint density at radius 3 is 2.38 bits per heavy atom. The van der Waals surface area contributed by atoms with Crippen LogP contribution in [0, 0.1) is 0 Å². The molecule has 0 radical (unpaired) electrons. The third-order valence-electron chi connectivity index (χ3n) is 7.20. The number of piperazine rings is 1. The Morgan fingerprint density at radius 1 is 1.07 bits per heavy atom. The number of rotatable bonds is 10. The van der Waals surface area contributed by atoms with E-state index in [4.69, 9.17) is 0 Å². The number of nitrogens with zero attached hydrogens (tertiary/aromatic N) is 7. The summed E-state index contributed by atoms with van der Waals surface area (Å²) in [7, 11) is -1.30. The molecule has 0 aliphatic carbocycles. The van der Waals surface area contributed by atoms with E-state index in [0.717, 1.165) is 38.9 Å². The molecule has 15 heteroatoms. The molecule has 0 spiro atoms. The Morgan fingerprint density at radius 2 is 1.75 bits per heavy atom. The van der Waals surface area contributed by atoms with Gasteiger partial charge in [-0.1, -0.05) is 0 Å². The molecule has 0 bridgehead atoms. The van der Waals surface area contributed by atoms with Gasteiger partial charge in [0.2, 0.25) is 16.0 Å². The van der Waals surface area contributed by atoms with Gasteiger partial charge in [0.15, 0.2) is 0 Å². The van der Waals surface area contributed by atoms with Crippen molar-refractivity contribution in [1.29, 1.82) is 0 Å². The smallest absolute Gasteiger partial charge is 0.389 e. The van der Waals surface area contributed by atoms with Gasteiger partial charge in [-0.2, -0.15) is 18.3 Å². The first-order valence-corrected chi connectivity index (χ1v) is 15.2. The summed E-state index contributed by atoms with van der Waals surface area (Å²) in [5, 5.41) is 17.2. The predicted molar refractivity (Wildman–Crippen MR) is 145 cm³/mol. The number of piperidine rings is 1. The maximum Gasteiger partial charge on any atom is 0.419 e. The molecule has 2 fully saturated rings. The molecule has 0 saturated carbocycles. The quantitative estimate of drug-likeness (QED) is 0.429. The van der Waals surface area contributed by atoms with Crippen LogP contribution in [0.4, 0.5) is 19.1 Å². The number of alkyl halides is 3. The van der Waals surface area contributed by atoms with Gasteiger partial charge in [-0.3, -0.25) is 4.68 Å². The maximum absolute atomic E-state index is 13.7. The van der Waals surface area contributed by atoms with Crippen LogP contribution < -0.4 is 5.32 Å². The lowest BCUT2D eigenvalue weighted by Crippen LogP contribution is -2.46. The van der Waals surface area contributed by atoms with Gasteiger partial charge in [0, 0.05) is 63.3 Å². The highest BCUT2D eigenvalue weighted by molar-refractivity contribution is 7.89. The zero-order valence-electron chi connectivity index (χ0n) is 23.2. The van der Waals surface area contributed by atoms with Crippen molar-refractivity contribution in [2.45, 2.75) is 57.5 Å². The molecule has 4 rings (SSSR count). The van der Waals surface area contributed by atoms with Gasteiger partial charge in [0.05, 0.1) is 29.8 Å². The van der Waals surface area contributed by atoms with Crippen molar-refractivity contribution in [1.82, 2.24) is 33.9 Å². The van der Waals surface area contributed by atoms with Gasteiger partial charge in [0.25, 0.3) is 0 Å². The van der Waals surface area contributed by atoms with Gasteiger partial charge in [-0.25, -0.2) is 22.7 Å². The highest BCUT2D eigenvalue weighted by Gasteiger charge is 2.36. The molecule has 2 N–H and O–H groups in total. The summed E-state index contributed by atoms with van der Waals surface area (Å²) in [4.78, 5) is 12.6. The van der Waals surface area contributed by atoms with Gasteiger partial charge in [0.1, 0.15) is 5.56 Å². The van der Waals surface area contributed by atoms with Crippen molar-refractivity contribution in [3.8, 4) is 11.3 Å². The normalized spacial score (nSPS) is 19.3. The molecule has 40 heavy (non-hydrogen) atoms. The summed E-state index contributed by atoms with van der Waals surface area (Å²) >= 11 is 0. The zero-order chi connectivity index (χ0) is 29.1. The van der Waals surface area contributed by atoms with Crippen LogP contribution in [-0.2, 0) is 22.7 Å². The minimum absolute atomic E-state index is 0.0340. The minimum Gasteiger partial charge on any atom is -0.389 e. The number of hydrogen-bond acceptors (Lipinski definition) is 9. The summed E-state index contributed by atoms with van der Waals surface area (Å²) in [6, 6.07) is -0.181. The van der Waals surface area contributed by atoms with Crippen molar-refractivity contribution in [2.75, 3.05) is 63.9 Å². The third-order valence-corrected chi connectivity index (χ3v) is 9.16. The first-order valence-electron chi connectivity index (χ1n) is 13.5. The van der Waals surface area contributed by atoms with Gasteiger partial charge in [-0.15, -0.1) is 0 Å². The van der Waals surface area contributed by atoms with Crippen LogP contribution in [0.5, 0.6) is 0 Å². The molecule has 11 nitrogen and oxygen atoms in total. The summed E-state index contributed by atoms with van der Waals surface area (Å²) in [5.41, 5.74) is -2.24. The largest absolute Gasteiger partial charge is 0.419 e. The number of nitrogens with one attached hydrogen (secondary N) is 1. The Kier molecular flexibility index (Phi) is 9.39. The molecule has 2 saturated heterocycles. The van der Waals surface area contributed by atoms with E-state index < -0.39 is 27.4 Å². The Balaban J connectivity index is 1.35. The van der Waals surface area contributed by atoms with Crippen LogP contribution in [0.3, 0.4) is 0 Å².